The first-order valence-corrected chi connectivity index (χ1v) is 8.78. The number of anilines is 1. The fourth-order valence-corrected chi connectivity index (χ4v) is 3.45. The Balaban J connectivity index is 0.00000156. The van der Waals surface area contributed by atoms with Crippen LogP contribution in [0.25, 0.3) is 0 Å². The van der Waals surface area contributed by atoms with E-state index in [1.54, 1.807) is 0 Å². The van der Waals surface area contributed by atoms with Crippen molar-refractivity contribution in [1.29, 1.82) is 0 Å². The molecule has 1 unspecified atom stereocenters. The molecule has 2 saturated heterocycles. The van der Waals surface area contributed by atoms with Gasteiger partial charge in [0.15, 0.2) is 0 Å². The molecule has 142 valence electrons. The maximum atomic E-state index is 12.6. The van der Waals surface area contributed by atoms with Gasteiger partial charge in [-0.1, -0.05) is 18.6 Å². The quantitative estimate of drug-likeness (QED) is 0.859. The molecular formula is C18H29Cl2N3O2. The van der Waals surface area contributed by atoms with Crippen LogP contribution in [-0.4, -0.2) is 56.2 Å². The number of amides is 1. The van der Waals surface area contributed by atoms with Gasteiger partial charge in [0.05, 0.1) is 18.3 Å². The topological polar surface area (TPSA) is 44.8 Å². The van der Waals surface area contributed by atoms with Gasteiger partial charge in [0, 0.05) is 26.2 Å². The summed E-state index contributed by atoms with van der Waals surface area (Å²) in [5.41, 5.74) is 1.14. The summed E-state index contributed by atoms with van der Waals surface area (Å²) in [7, 11) is 0. The third-order valence-corrected chi connectivity index (χ3v) is 4.71. The largest absolute Gasteiger partial charge is 0.492 e. The Morgan fingerprint density at radius 2 is 1.88 bits per heavy atom. The lowest BCUT2D eigenvalue weighted by Gasteiger charge is -2.38. The first-order valence-electron chi connectivity index (χ1n) is 8.78. The van der Waals surface area contributed by atoms with Crippen LogP contribution in [0.4, 0.5) is 5.69 Å². The second kappa shape index (κ2) is 10.7. The van der Waals surface area contributed by atoms with Gasteiger partial charge >= 0.3 is 0 Å². The van der Waals surface area contributed by atoms with Gasteiger partial charge in [-0.05, 0) is 38.4 Å². The van der Waals surface area contributed by atoms with Crippen LogP contribution >= 0.6 is 24.8 Å². The molecular weight excluding hydrogens is 361 g/mol. The molecule has 25 heavy (non-hydrogen) atoms. The molecule has 0 saturated carbocycles. The lowest BCUT2D eigenvalue weighted by Crippen LogP contribution is -2.55. The zero-order chi connectivity index (χ0) is 16.1. The SMILES string of the molecule is CCOc1ccccc1N1CCN(C(=O)C2CCCCN2)CC1.Cl.Cl. The number of nitrogens with zero attached hydrogens (tertiary/aromatic N) is 2. The van der Waals surface area contributed by atoms with Gasteiger partial charge in [0.1, 0.15) is 5.75 Å². The average molecular weight is 390 g/mol. The molecule has 0 spiro atoms. The lowest BCUT2D eigenvalue weighted by atomic mass is 10.0. The van der Waals surface area contributed by atoms with Crippen LogP contribution in [0.1, 0.15) is 26.2 Å². The van der Waals surface area contributed by atoms with Crippen molar-refractivity contribution in [3.8, 4) is 5.75 Å². The van der Waals surface area contributed by atoms with E-state index in [1.165, 1.54) is 6.42 Å². The lowest BCUT2D eigenvalue weighted by molar-refractivity contribution is -0.134. The number of piperidine rings is 1. The number of hydrogen-bond donors (Lipinski definition) is 1. The van der Waals surface area contributed by atoms with E-state index >= 15 is 0 Å². The number of ether oxygens (including phenoxy) is 1. The number of hydrogen-bond acceptors (Lipinski definition) is 4. The Labute approximate surface area is 162 Å². The van der Waals surface area contributed by atoms with Crippen LogP contribution in [0.15, 0.2) is 24.3 Å². The van der Waals surface area contributed by atoms with Crippen LogP contribution in [0.2, 0.25) is 0 Å². The van der Waals surface area contributed by atoms with Crippen LogP contribution < -0.4 is 15.0 Å². The van der Waals surface area contributed by atoms with Crippen molar-refractivity contribution in [3.63, 3.8) is 0 Å². The molecule has 1 atom stereocenters. The van der Waals surface area contributed by atoms with Crippen molar-refractivity contribution < 1.29 is 9.53 Å². The van der Waals surface area contributed by atoms with Gasteiger partial charge in [0.2, 0.25) is 5.91 Å². The Morgan fingerprint density at radius 1 is 1.16 bits per heavy atom. The fourth-order valence-electron chi connectivity index (χ4n) is 3.45. The molecule has 5 nitrogen and oxygen atoms in total. The summed E-state index contributed by atoms with van der Waals surface area (Å²) in [4.78, 5) is 16.9. The second-order valence-electron chi connectivity index (χ2n) is 6.22. The van der Waals surface area contributed by atoms with Gasteiger partial charge in [-0.15, -0.1) is 24.8 Å². The van der Waals surface area contributed by atoms with E-state index in [-0.39, 0.29) is 36.8 Å². The molecule has 1 N–H and O–H groups in total. The van der Waals surface area contributed by atoms with E-state index in [0.717, 1.165) is 57.0 Å². The standard InChI is InChI=1S/C18H27N3O2.2ClH/c1-2-23-17-9-4-3-8-16(17)20-11-13-21(14-12-20)18(22)15-7-5-6-10-19-15;;/h3-4,8-9,15,19H,2,5-7,10-14H2,1H3;2*1H. The maximum absolute atomic E-state index is 12.6. The molecule has 0 aromatic heterocycles. The number of piperazine rings is 1. The molecule has 1 aromatic rings. The predicted octanol–water partition coefficient (Wildman–Crippen LogP) is 2.72. The summed E-state index contributed by atoms with van der Waals surface area (Å²) >= 11 is 0. The number of carbonyl (C=O) groups excluding carboxylic acids is 1. The van der Waals surface area contributed by atoms with Crippen LogP contribution in [-0.2, 0) is 4.79 Å². The molecule has 0 radical (unpaired) electrons. The number of para-hydroxylation sites is 2. The number of halogens is 2. The molecule has 1 amide bonds. The van der Waals surface area contributed by atoms with Crippen molar-refractivity contribution in [2.45, 2.75) is 32.2 Å². The Morgan fingerprint density at radius 3 is 2.52 bits per heavy atom. The highest BCUT2D eigenvalue weighted by molar-refractivity contribution is 5.85. The Hall–Kier alpha value is -1.17. The summed E-state index contributed by atoms with van der Waals surface area (Å²) in [6, 6.07) is 8.20. The second-order valence-corrected chi connectivity index (χ2v) is 6.22. The summed E-state index contributed by atoms with van der Waals surface area (Å²) in [5, 5.41) is 3.36. The molecule has 0 aliphatic carbocycles. The normalized spacial score (nSPS) is 20.3. The fraction of sp³-hybridized carbons (Fsp3) is 0.611. The summed E-state index contributed by atoms with van der Waals surface area (Å²) in [5.74, 6) is 1.21. The Bertz CT molecular complexity index is 531. The van der Waals surface area contributed by atoms with Crippen molar-refractivity contribution in [1.82, 2.24) is 10.2 Å². The smallest absolute Gasteiger partial charge is 0.239 e. The monoisotopic (exact) mass is 389 g/mol. The van der Waals surface area contributed by atoms with Crippen molar-refractivity contribution >= 4 is 36.4 Å². The van der Waals surface area contributed by atoms with Crippen LogP contribution in [0.5, 0.6) is 5.75 Å². The minimum atomic E-state index is 0. The van der Waals surface area contributed by atoms with Crippen LogP contribution in [0.3, 0.4) is 0 Å². The Kier molecular flexibility index (Phi) is 9.39. The van der Waals surface area contributed by atoms with Crippen molar-refractivity contribution in [2.75, 3.05) is 44.2 Å². The van der Waals surface area contributed by atoms with E-state index in [1.807, 2.05) is 30.0 Å². The van der Waals surface area contributed by atoms with E-state index in [4.69, 9.17) is 4.74 Å². The number of rotatable bonds is 4. The highest BCUT2D eigenvalue weighted by Gasteiger charge is 2.28. The number of carbonyl (C=O) groups is 1. The van der Waals surface area contributed by atoms with Crippen molar-refractivity contribution in [2.24, 2.45) is 0 Å². The molecule has 2 fully saturated rings. The predicted molar refractivity (Wildman–Crippen MR) is 107 cm³/mol. The minimum absolute atomic E-state index is 0. The molecule has 0 bridgehead atoms. The average Bonchev–Trinajstić information content (AvgIpc) is 2.63. The molecule has 2 heterocycles. The van der Waals surface area contributed by atoms with Crippen LogP contribution in [0, 0.1) is 0 Å². The highest BCUT2D eigenvalue weighted by Crippen LogP contribution is 2.29. The minimum Gasteiger partial charge on any atom is -0.492 e. The third-order valence-electron chi connectivity index (χ3n) is 4.71. The first kappa shape index (κ1) is 21.9. The molecule has 3 rings (SSSR count). The molecule has 7 heteroatoms. The van der Waals surface area contributed by atoms with Crippen molar-refractivity contribution in [3.05, 3.63) is 24.3 Å². The van der Waals surface area contributed by atoms with Gasteiger partial charge in [-0.2, -0.15) is 0 Å². The maximum Gasteiger partial charge on any atom is 0.239 e. The molecule has 1 aromatic carbocycles. The first-order chi connectivity index (χ1) is 11.3. The van der Waals surface area contributed by atoms with E-state index < -0.39 is 0 Å². The van der Waals surface area contributed by atoms with E-state index in [0.29, 0.717) is 6.61 Å². The highest BCUT2D eigenvalue weighted by atomic mass is 35.5. The van der Waals surface area contributed by atoms with E-state index in [9.17, 15) is 4.79 Å². The third kappa shape index (κ3) is 5.40. The summed E-state index contributed by atoms with van der Waals surface area (Å²) < 4.78 is 5.73. The molecule has 2 aliphatic rings. The van der Waals surface area contributed by atoms with E-state index in [2.05, 4.69) is 16.3 Å². The van der Waals surface area contributed by atoms with Gasteiger partial charge in [0.25, 0.3) is 0 Å². The molecule has 2 aliphatic heterocycles. The number of benzene rings is 1. The number of nitrogens with one attached hydrogen (secondary N) is 1. The van der Waals surface area contributed by atoms with Gasteiger partial charge in [-0.25, -0.2) is 0 Å². The zero-order valence-corrected chi connectivity index (χ0v) is 16.4. The van der Waals surface area contributed by atoms with Gasteiger partial charge in [-0.3, -0.25) is 4.79 Å². The summed E-state index contributed by atoms with van der Waals surface area (Å²) in [6.07, 6.45) is 3.32. The summed E-state index contributed by atoms with van der Waals surface area (Å²) in [6.45, 7) is 6.95. The zero-order valence-electron chi connectivity index (χ0n) is 14.8. The van der Waals surface area contributed by atoms with Gasteiger partial charge < -0.3 is 19.9 Å².